The smallest absolute Gasteiger partial charge is 0.152 e. The molecule has 1 fully saturated rings. The highest BCUT2D eigenvalue weighted by Gasteiger charge is 2.18. The van der Waals surface area contributed by atoms with Crippen LogP contribution >= 0.6 is 0 Å². The molecular weight excluding hydrogens is 202 g/mol. The number of rotatable bonds is 1. The molecule has 0 atom stereocenters. The lowest BCUT2D eigenvalue weighted by Gasteiger charge is -2.28. The van der Waals surface area contributed by atoms with Crippen molar-refractivity contribution in [1.29, 1.82) is 5.26 Å². The first-order valence-corrected chi connectivity index (χ1v) is 5.51. The number of nitrogens with two attached hydrogens (primary N) is 1. The summed E-state index contributed by atoms with van der Waals surface area (Å²) in [4.78, 5) is 10.5. The summed E-state index contributed by atoms with van der Waals surface area (Å²) in [5.41, 5.74) is 6.15. The molecular formula is C11H15N5. The predicted molar refractivity (Wildman–Crippen MR) is 62.0 cm³/mol. The van der Waals surface area contributed by atoms with Gasteiger partial charge >= 0.3 is 0 Å². The van der Waals surface area contributed by atoms with Crippen molar-refractivity contribution in [2.24, 2.45) is 0 Å². The highest BCUT2D eigenvalue weighted by atomic mass is 15.2. The van der Waals surface area contributed by atoms with E-state index in [2.05, 4.69) is 20.9 Å². The third-order valence-corrected chi connectivity index (χ3v) is 2.80. The third-order valence-electron chi connectivity index (χ3n) is 2.80. The van der Waals surface area contributed by atoms with Crippen LogP contribution in [0.5, 0.6) is 0 Å². The Morgan fingerprint density at radius 1 is 1.25 bits per heavy atom. The topological polar surface area (TPSA) is 78.8 Å². The van der Waals surface area contributed by atoms with Crippen LogP contribution in [-0.4, -0.2) is 23.1 Å². The van der Waals surface area contributed by atoms with E-state index in [9.17, 15) is 0 Å². The molecule has 0 bridgehead atoms. The second kappa shape index (κ2) is 4.35. The van der Waals surface area contributed by atoms with Crippen LogP contribution in [0.2, 0.25) is 0 Å². The van der Waals surface area contributed by atoms with Crippen LogP contribution < -0.4 is 10.6 Å². The van der Waals surface area contributed by atoms with Crippen molar-refractivity contribution in [3.05, 3.63) is 11.4 Å². The normalized spacial score (nSPS) is 15.9. The first-order chi connectivity index (χ1) is 7.72. The lowest BCUT2D eigenvalue weighted by Crippen LogP contribution is -2.31. The van der Waals surface area contributed by atoms with Crippen LogP contribution in [0.3, 0.4) is 0 Å². The molecule has 0 unspecified atom stereocenters. The summed E-state index contributed by atoms with van der Waals surface area (Å²) in [5, 5.41) is 9.08. The lowest BCUT2D eigenvalue weighted by molar-refractivity contribution is 0.572. The summed E-state index contributed by atoms with van der Waals surface area (Å²) in [6.45, 7) is 3.69. The van der Waals surface area contributed by atoms with Crippen LogP contribution in [0.25, 0.3) is 0 Å². The van der Waals surface area contributed by atoms with E-state index in [1.165, 1.54) is 6.42 Å². The Morgan fingerprint density at radius 3 is 2.56 bits per heavy atom. The van der Waals surface area contributed by atoms with Crippen molar-refractivity contribution < 1.29 is 0 Å². The maximum Gasteiger partial charge on any atom is 0.152 e. The molecule has 2 rings (SSSR count). The molecule has 0 aliphatic carbocycles. The summed E-state index contributed by atoms with van der Waals surface area (Å²) in [6, 6.07) is 2.10. The van der Waals surface area contributed by atoms with Crippen molar-refractivity contribution in [3.63, 3.8) is 0 Å². The van der Waals surface area contributed by atoms with Crippen molar-refractivity contribution in [2.45, 2.75) is 26.2 Å². The number of nitriles is 1. The molecule has 1 aliphatic heterocycles. The average Bonchev–Trinajstić information content (AvgIpc) is 2.29. The van der Waals surface area contributed by atoms with E-state index in [4.69, 9.17) is 11.0 Å². The fourth-order valence-corrected chi connectivity index (χ4v) is 2.02. The molecule has 84 valence electrons. The summed E-state index contributed by atoms with van der Waals surface area (Å²) < 4.78 is 0. The lowest BCUT2D eigenvalue weighted by atomic mass is 10.1. The van der Waals surface area contributed by atoms with Crippen LogP contribution in [-0.2, 0) is 0 Å². The number of hydrogen-bond acceptors (Lipinski definition) is 5. The van der Waals surface area contributed by atoms with Gasteiger partial charge in [0.1, 0.15) is 23.3 Å². The quantitative estimate of drug-likeness (QED) is 0.765. The van der Waals surface area contributed by atoms with Gasteiger partial charge in [-0.25, -0.2) is 9.97 Å². The van der Waals surface area contributed by atoms with Gasteiger partial charge in [0.15, 0.2) is 5.82 Å². The molecule has 0 aromatic carbocycles. The van der Waals surface area contributed by atoms with Crippen molar-refractivity contribution in [1.82, 2.24) is 9.97 Å². The van der Waals surface area contributed by atoms with Gasteiger partial charge in [-0.2, -0.15) is 5.26 Å². The van der Waals surface area contributed by atoms with E-state index in [0.717, 1.165) is 25.9 Å². The molecule has 0 saturated carbocycles. The number of anilines is 2. The van der Waals surface area contributed by atoms with Gasteiger partial charge in [0.05, 0.1) is 0 Å². The highest BCUT2D eigenvalue weighted by molar-refractivity contribution is 5.63. The zero-order valence-corrected chi connectivity index (χ0v) is 9.40. The molecule has 1 aliphatic rings. The molecule has 2 heterocycles. The van der Waals surface area contributed by atoms with Gasteiger partial charge in [-0.1, -0.05) is 0 Å². The number of piperidine rings is 1. The Morgan fingerprint density at radius 2 is 1.94 bits per heavy atom. The van der Waals surface area contributed by atoms with E-state index < -0.39 is 0 Å². The zero-order chi connectivity index (χ0) is 11.5. The molecule has 1 aromatic heterocycles. The van der Waals surface area contributed by atoms with E-state index in [-0.39, 0.29) is 5.82 Å². The summed E-state index contributed by atoms with van der Waals surface area (Å²) in [7, 11) is 0. The number of hydrogen-bond donors (Lipinski definition) is 1. The first kappa shape index (κ1) is 10.7. The number of nitrogens with zero attached hydrogens (tertiary/aromatic N) is 4. The van der Waals surface area contributed by atoms with E-state index >= 15 is 0 Å². The second-order valence-electron chi connectivity index (χ2n) is 4.01. The SMILES string of the molecule is Cc1nc(N)c(C#N)c(N2CCCCC2)n1. The van der Waals surface area contributed by atoms with Crippen molar-refractivity contribution in [3.8, 4) is 6.07 Å². The van der Waals surface area contributed by atoms with Gasteiger partial charge in [0.25, 0.3) is 0 Å². The summed E-state index contributed by atoms with van der Waals surface area (Å²) in [5.74, 6) is 1.61. The molecule has 1 aromatic rings. The zero-order valence-electron chi connectivity index (χ0n) is 9.40. The van der Waals surface area contributed by atoms with Crippen LogP contribution in [0, 0.1) is 18.3 Å². The molecule has 2 N–H and O–H groups in total. The molecule has 16 heavy (non-hydrogen) atoms. The Bertz CT molecular complexity index is 429. The largest absolute Gasteiger partial charge is 0.382 e. The average molecular weight is 217 g/mol. The monoisotopic (exact) mass is 217 g/mol. The van der Waals surface area contributed by atoms with Gasteiger partial charge in [-0.3, -0.25) is 0 Å². The minimum atomic E-state index is 0.288. The van der Waals surface area contributed by atoms with Gasteiger partial charge in [0, 0.05) is 13.1 Å². The van der Waals surface area contributed by atoms with Gasteiger partial charge in [-0.05, 0) is 26.2 Å². The van der Waals surface area contributed by atoms with Gasteiger partial charge in [0.2, 0.25) is 0 Å². The fraction of sp³-hybridized carbons (Fsp3) is 0.545. The number of nitrogen functional groups attached to an aromatic ring is 1. The standard InChI is InChI=1S/C11H15N5/c1-8-14-10(13)9(7-12)11(15-8)16-5-3-2-4-6-16/h2-6H2,1H3,(H2,13,14,15). The summed E-state index contributed by atoms with van der Waals surface area (Å²) in [6.07, 6.45) is 3.54. The highest BCUT2D eigenvalue weighted by Crippen LogP contribution is 2.24. The van der Waals surface area contributed by atoms with Crippen LogP contribution in [0.15, 0.2) is 0 Å². The third kappa shape index (κ3) is 1.91. The maximum atomic E-state index is 9.08. The van der Waals surface area contributed by atoms with E-state index in [1.807, 2.05) is 0 Å². The number of aryl methyl sites for hydroxylation is 1. The fourth-order valence-electron chi connectivity index (χ4n) is 2.02. The van der Waals surface area contributed by atoms with Gasteiger partial charge in [-0.15, -0.1) is 0 Å². The first-order valence-electron chi connectivity index (χ1n) is 5.51. The minimum absolute atomic E-state index is 0.288. The van der Waals surface area contributed by atoms with Crippen molar-refractivity contribution in [2.75, 3.05) is 23.7 Å². The van der Waals surface area contributed by atoms with Gasteiger partial charge < -0.3 is 10.6 Å². The van der Waals surface area contributed by atoms with E-state index in [1.54, 1.807) is 6.92 Å². The molecule has 1 saturated heterocycles. The van der Waals surface area contributed by atoms with E-state index in [0.29, 0.717) is 17.2 Å². The Balaban J connectivity index is 2.42. The minimum Gasteiger partial charge on any atom is -0.382 e. The Hall–Kier alpha value is -1.83. The van der Waals surface area contributed by atoms with Crippen LogP contribution in [0.1, 0.15) is 30.7 Å². The van der Waals surface area contributed by atoms with Crippen molar-refractivity contribution >= 4 is 11.6 Å². The van der Waals surface area contributed by atoms with Crippen LogP contribution in [0.4, 0.5) is 11.6 Å². The molecule has 5 nitrogen and oxygen atoms in total. The second-order valence-corrected chi connectivity index (χ2v) is 4.01. The molecule has 0 radical (unpaired) electrons. The number of aromatic nitrogens is 2. The molecule has 0 amide bonds. The maximum absolute atomic E-state index is 9.08. The predicted octanol–water partition coefficient (Wildman–Crippen LogP) is 1.23. The Labute approximate surface area is 94.9 Å². The molecule has 5 heteroatoms. The Kier molecular flexibility index (Phi) is 2.91. The summed E-state index contributed by atoms with van der Waals surface area (Å²) >= 11 is 0. The molecule has 0 spiro atoms.